The maximum Gasteiger partial charge on any atom is 0.128 e. The minimum Gasteiger partial charge on any atom is -0.378 e. The number of aromatic amines is 1. The van der Waals surface area contributed by atoms with Gasteiger partial charge >= 0.3 is 0 Å². The van der Waals surface area contributed by atoms with E-state index in [1.807, 2.05) is 30.3 Å². The fourth-order valence-electron chi connectivity index (χ4n) is 3.11. The molecule has 0 spiro atoms. The van der Waals surface area contributed by atoms with Crippen molar-refractivity contribution in [1.82, 2.24) is 9.88 Å². The lowest BCUT2D eigenvalue weighted by molar-refractivity contribution is 0.0680. The van der Waals surface area contributed by atoms with Gasteiger partial charge in [0.1, 0.15) is 5.84 Å². The molecule has 1 fully saturated rings. The Morgan fingerprint density at radius 1 is 1.00 bits per heavy atom. The second-order valence-electron chi connectivity index (χ2n) is 6.09. The first-order valence-corrected chi connectivity index (χ1v) is 8.86. The third-order valence-corrected chi connectivity index (χ3v) is 4.83. The molecule has 0 saturated carbocycles. The van der Waals surface area contributed by atoms with Gasteiger partial charge in [-0.25, -0.2) is 0 Å². The fourth-order valence-corrected chi connectivity index (χ4v) is 3.64. The van der Waals surface area contributed by atoms with Gasteiger partial charge in [-0.1, -0.05) is 23.2 Å². The van der Waals surface area contributed by atoms with Crippen LogP contribution in [-0.2, 0) is 4.74 Å². The van der Waals surface area contributed by atoms with Crippen LogP contribution in [0.3, 0.4) is 0 Å². The predicted octanol–water partition coefficient (Wildman–Crippen LogP) is 4.80. The number of halogens is 2. The summed E-state index contributed by atoms with van der Waals surface area (Å²) in [6, 6.07) is 13.6. The van der Waals surface area contributed by atoms with E-state index >= 15 is 0 Å². The van der Waals surface area contributed by atoms with Crippen molar-refractivity contribution in [1.29, 1.82) is 5.41 Å². The van der Waals surface area contributed by atoms with Crippen molar-refractivity contribution < 1.29 is 4.74 Å². The lowest BCUT2D eigenvalue weighted by Crippen LogP contribution is -2.40. The smallest absolute Gasteiger partial charge is 0.128 e. The zero-order valence-corrected chi connectivity index (χ0v) is 15.0. The quantitative estimate of drug-likeness (QED) is 0.500. The molecular formula is C19H17Cl2N3O. The number of nitrogens with one attached hydrogen (secondary N) is 2. The van der Waals surface area contributed by atoms with Gasteiger partial charge in [0.05, 0.1) is 13.2 Å². The van der Waals surface area contributed by atoms with Crippen molar-refractivity contribution in [2.75, 3.05) is 26.3 Å². The van der Waals surface area contributed by atoms with E-state index in [-0.39, 0.29) is 0 Å². The average molecular weight is 374 g/mol. The molecule has 25 heavy (non-hydrogen) atoms. The summed E-state index contributed by atoms with van der Waals surface area (Å²) in [5.41, 5.74) is 3.82. The second-order valence-corrected chi connectivity index (χ2v) is 6.96. The van der Waals surface area contributed by atoms with Crippen molar-refractivity contribution in [2.24, 2.45) is 0 Å². The number of nitrogens with zero attached hydrogens (tertiary/aromatic N) is 1. The van der Waals surface area contributed by atoms with Gasteiger partial charge in [-0.2, -0.15) is 0 Å². The molecule has 0 bridgehead atoms. The molecule has 1 saturated heterocycles. The Morgan fingerprint density at radius 2 is 1.72 bits per heavy atom. The molecule has 0 aliphatic carbocycles. The predicted molar refractivity (Wildman–Crippen MR) is 103 cm³/mol. The van der Waals surface area contributed by atoms with Gasteiger partial charge in [-0.3, -0.25) is 5.41 Å². The molecule has 2 N–H and O–H groups in total. The molecular weight excluding hydrogens is 357 g/mol. The van der Waals surface area contributed by atoms with E-state index in [0.29, 0.717) is 29.1 Å². The van der Waals surface area contributed by atoms with Crippen LogP contribution >= 0.6 is 23.2 Å². The Hall–Kier alpha value is -2.01. The SMILES string of the molecule is N=C(c1ccc2[nH]c(-c3cc(Cl)cc(Cl)c3)cc2c1)N1CCOCC1. The first-order chi connectivity index (χ1) is 12.1. The Balaban J connectivity index is 1.68. The van der Waals surface area contributed by atoms with Crippen molar-refractivity contribution >= 4 is 39.9 Å². The number of ether oxygens (including phenoxy) is 1. The van der Waals surface area contributed by atoms with E-state index in [1.165, 1.54) is 0 Å². The highest BCUT2D eigenvalue weighted by Gasteiger charge is 2.16. The third kappa shape index (κ3) is 3.38. The van der Waals surface area contributed by atoms with E-state index in [9.17, 15) is 0 Å². The highest BCUT2D eigenvalue weighted by atomic mass is 35.5. The number of amidine groups is 1. The Labute approximate surface area is 155 Å². The normalized spacial score (nSPS) is 14.9. The lowest BCUT2D eigenvalue weighted by Gasteiger charge is -2.29. The minimum atomic E-state index is 0.541. The van der Waals surface area contributed by atoms with Crippen LogP contribution in [0.15, 0.2) is 42.5 Å². The summed E-state index contributed by atoms with van der Waals surface area (Å²) in [4.78, 5) is 5.44. The van der Waals surface area contributed by atoms with Gasteiger partial charge in [0.15, 0.2) is 0 Å². The number of fused-ring (bicyclic) bond motifs is 1. The molecule has 1 aromatic heterocycles. The number of morpholine rings is 1. The summed E-state index contributed by atoms with van der Waals surface area (Å²) < 4.78 is 5.36. The summed E-state index contributed by atoms with van der Waals surface area (Å²) in [6.07, 6.45) is 0. The van der Waals surface area contributed by atoms with E-state index in [2.05, 4.69) is 16.0 Å². The molecule has 0 amide bonds. The zero-order chi connectivity index (χ0) is 17.4. The molecule has 128 valence electrons. The topological polar surface area (TPSA) is 52.1 Å². The minimum absolute atomic E-state index is 0.541. The standard InChI is InChI=1S/C19H17Cl2N3O/c20-15-8-14(9-16(21)11-15)18-10-13-7-12(1-2-17(13)23-18)19(22)24-3-5-25-6-4-24/h1-2,7-11,22-23H,3-6H2. The van der Waals surface area contributed by atoms with Crippen LogP contribution in [0.25, 0.3) is 22.2 Å². The van der Waals surface area contributed by atoms with E-state index in [4.69, 9.17) is 33.3 Å². The Morgan fingerprint density at radius 3 is 2.44 bits per heavy atom. The first kappa shape index (κ1) is 16.5. The van der Waals surface area contributed by atoms with E-state index in [0.717, 1.165) is 40.8 Å². The molecule has 4 nitrogen and oxygen atoms in total. The summed E-state index contributed by atoms with van der Waals surface area (Å²) in [5.74, 6) is 0.541. The molecule has 4 rings (SSSR count). The van der Waals surface area contributed by atoms with Crippen LogP contribution < -0.4 is 0 Å². The number of aromatic nitrogens is 1. The van der Waals surface area contributed by atoms with Crippen LogP contribution in [0.5, 0.6) is 0 Å². The molecule has 1 aliphatic rings. The van der Waals surface area contributed by atoms with Crippen molar-refractivity contribution in [3.63, 3.8) is 0 Å². The zero-order valence-electron chi connectivity index (χ0n) is 13.5. The van der Waals surface area contributed by atoms with Crippen molar-refractivity contribution in [3.8, 4) is 11.3 Å². The maximum atomic E-state index is 8.45. The van der Waals surface area contributed by atoms with Gasteiger partial charge < -0.3 is 14.6 Å². The Kier molecular flexibility index (Phi) is 4.42. The molecule has 3 aromatic rings. The van der Waals surface area contributed by atoms with Crippen LogP contribution in [0, 0.1) is 5.41 Å². The fraction of sp³-hybridized carbons (Fsp3) is 0.211. The highest BCUT2D eigenvalue weighted by molar-refractivity contribution is 6.35. The monoisotopic (exact) mass is 373 g/mol. The van der Waals surface area contributed by atoms with Crippen molar-refractivity contribution in [3.05, 3.63) is 58.1 Å². The van der Waals surface area contributed by atoms with Gasteiger partial charge in [-0.15, -0.1) is 0 Å². The second kappa shape index (κ2) is 6.71. The summed E-state index contributed by atoms with van der Waals surface area (Å²) in [6.45, 7) is 2.87. The molecule has 0 radical (unpaired) electrons. The van der Waals surface area contributed by atoms with Gasteiger partial charge in [0, 0.05) is 50.9 Å². The van der Waals surface area contributed by atoms with E-state index in [1.54, 1.807) is 6.07 Å². The molecule has 0 atom stereocenters. The number of hydrogen-bond acceptors (Lipinski definition) is 2. The molecule has 0 unspecified atom stereocenters. The maximum absolute atomic E-state index is 8.45. The van der Waals surface area contributed by atoms with Crippen LogP contribution in [0.4, 0.5) is 0 Å². The largest absolute Gasteiger partial charge is 0.378 e. The first-order valence-electron chi connectivity index (χ1n) is 8.11. The average Bonchev–Trinajstić information content (AvgIpc) is 3.04. The number of benzene rings is 2. The van der Waals surface area contributed by atoms with Gasteiger partial charge in [0.2, 0.25) is 0 Å². The Bertz CT molecular complexity index is 925. The number of hydrogen-bond donors (Lipinski definition) is 2. The molecule has 2 heterocycles. The summed E-state index contributed by atoms with van der Waals surface area (Å²) in [5, 5.41) is 10.7. The summed E-state index contributed by atoms with van der Waals surface area (Å²) in [7, 11) is 0. The molecule has 6 heteroatoms. The third-order valence-electron chi connectivity index (χ3n) is 4.40. The van der Waals surface area contributed by atoms with Crippen LogP contribution in [0.1, 0.15) is 5.56 Å². The van der Waals surface area contributed by atoms with E-state index < -0.39 is 0 Å². The van der Waals surface area contributed by atoms with Crippen LogP contribution in [-0.4, -0.2) is 42.0 Å². The molecule has 1 aliphatic heterocycles. The number of rotatable bonds is 2. The highest BCUT2D eigenvalue weighted by Crippen LogP contribution is 2.29. The number of H-pyrrole nitrogens is 1. The summed E-state index contributed by atoms with van der Waals surface area (Å²) >= 11 is 12.2. The molecule has 2 aromatic carbocycles. The lowest BCUT2D eigenvalue weighted by atomic mass is 10.1. The van der Waals surface area contributed by atoms with Gasteiger partial charge in [0.25, 0.3) is 0 Å². The van der Waals surface area contributed by atoms with Gasteiger partial charge in [-0.05, 0) is 42.5 Å². The van der Waals surface area contributed by atoms with Crippen molar-refractivity contribution in [2.45, 2.75) is 0 Å². The van der Waals surface area contributed by atoms with Crippen LogP contribution in [0.2, 0.25) is 10.0 Å².